The van der Waals surface area contributed by atoms with Crippen LogP contribution in [-0.2, 0) is 15.6 Å². The lowest BCUT2D eigenvalue weighted by Gasteiger charge is -2.29. The molecule has 158 valence electrons. The number of para-hydroxylation sites is 1. The molecule has 0 saturated carbocycles. The van der Waals surface area contributed by atoms with Crippen LogP contribution in [0, 0.1) is 6.92 Å². The first-order valence-corrected chi connectivity index (χ1v) is 10.7. The van der Waals surface area contributed by atoms with Gasteiger partial charge in [-0.1, -0.05) is 88.4 Å². The summed E-state index contributed by atoms with van der Waals surface area (Å²) in [5.74, 6) is 0. The van der Waals surface area contributed by atoms with Gasteiger partial charge in [-0.3, -0.25) is 0 Å². The molecule has 0 unspecified atom stereocenters. The Bertz CT molecular complexity index is 991. The maximum absolute atomic E-state index is 5.37. The van der Waals surface area contributed by atoms with Gasteiger partial charge in [0.2, 0.25) is 0 Å². The highest BCUT2D eigenvalue weighted by molar-refractivity contribution is 5.70. The molecule has 2 heteroatoms. The first kappa shape index (κ1) is 22.1. The van der Waals surface area contributed by atoms with Crippen molar-refractivity contribution in [2.45, 2.75) is 45.4 Å². The van der Waals surface area contributed by atoms with Crippen LogP contribution in [0.25, 0.3) is 0 Å². The Morgan fingerprint density at radius 1 is 1.07 bits per heavy atom. The highest BCUT2D eigenvalue weighted by Gasteiger charge is 2.37. The lowest BCUT2D eigenvalue weighted by atomic mass is 9.75. The standard InChI is InChI=1S/C28H35NO/c1-21-13-8-9-15-23(21)27(2,3)22(19-20-30-7)14-12-18-26-28(4,5)24-16-10-11-17-25(24)29(26)6/h8-19H,20H2,1-7H3/b14-12+,22-19+,26-18-. The molecule has 0 fully saturated rings. The molecular weight excluding hydrogens is 366 g/mol. The molecule has 1 heterocycles. The second kappa shape index (κ2) is 8.65. The molecule has 0 amide bonds. The Kier molecular flexibility index (Phi) is 6.38. The maximum atomic E-state index is 5.37. The van der Waals surface area contributed by atoms with E-state index < -0.39 is 0 Å². The van der Waals surface area contributed by atoms with E-state index >= 15 is 0 Å². The van der Waals surface area contributed by atoms with Gasteiger partial charge in [-0.05, 0) is 41.3 Å². The van der Waals surface area contributed by atoms with Crippen molar-refractivity contribution >= 4 is 5.69 Å². The highest BCUT2D eigenvalue weighted by Crippen LogP contribution is 2.46. The number of nitrogens with zero attached hydrogens (tertiary/aromatic N) is 1. The van der Waals surface area contributed by atoms with Gasteiger partial charge >= 0.3 is 0 Å². The van der Waals surface area contributed by atoms with E-state index in [1.54, 1.807) is 7.11 Å². The molecule has 2 nitrogen and oxygen atoms in total. The van der Waals surface area contributed by atoms with E-state index in [0.29, 0.717) is 6.61 Å². The average molecular weight is 402 g/mol. The number of anilines is 1. The Morgan fingerprint density at radius 3 is 2.40 bits per heavy atom. The zero-order chi connectivity index (χ0) is 21.9. The number of aryl methyl sites for hydroxylation is 1. The van der Waals surface area contributed by atoms with Gasteiger partial charge in [-0.15, -0.1) is 0 Å². The number of methoxy groups -OCH3 is 1. The molecule has 2 aromatic rings. The number of likely N-dealkylation sites (N-methyl/N-ethyl adjacent to an activating group) is 1. The summed E-state index contributed by atoms with van der Waals surface area (Å²) in [7, 11) is 3.90. The summed E-state index contributed by atoms with van der Waals surface area (Å²) >= 11 is 0. The summed E-state index contributed by atoms with van der Waals surface area (Å²) in [5.41, 5.74) is 7.75. The van der Waals surface area contributed by atoms with Crippen molar-refractivity contribution in [3.63, 3.8) is 0 Å². The Labute approximate surface area is 182 Å². The van der Waals surface area contributed by atoms with E-state index in [-0.39, 0.29) is 10.8 Å². The van der Waals surface area contributed by atoms with Crippen LogP contribution < -0.4 is 4.90 Å². The van der Waals surface area contributed by atoms with Crippen LogP contribution in [0.1, 0.15) is 44.4 Å². The van der Waals surface area contributed by atoms with Crippen molar-refractivity contribution in [3.8, 4) is 0 Å². The third kappa shape index (κ3) is 4.02. The predicted octanol–water partition coefficient (Wildman–Crippen LogP) is 6.71. The van der Waals surface area contributed by atoms with E-state index in [4.69, 9.17) is 4.74 Å². The third-order valence-electron chi connectivity index (χ3n) is 6.48. The fraction of sp³-hybridized carbons (Fsp3) is 0.357. The molecule has 1 aliphatic heterocycles. The van der Waals surface area contributed by atoms with Gasteiger partial charge < -0.3 is 9.64 Å². The third-order valence-corrected chi connectivity index (χ3v) is 6.48. The molecular formula is C28H35NO. The van der Waals surface area contributed by atoms with Crippen LogP contribution in [0.3, 0.4) is 0 Å². The monoisotopic (exact) mass is 401 g/mol. The zero-order valence-electron chi connectivity index (χ0n) is 19.5. The smallest absolute Gasteiger partial charge is 0.0649 e. The van der Waals surface area contributed by atoms with E-state index in [1.165, 1.54) is 33.6 Å². The van der Waals surface area contributed by atoms with Crippen molar-refractivity contribution in [1.82, 2.24) is 0 Å². The van der Waals surface area contributed by atoms with Crippen molar-refractivity contribution in [1.29, 1.82) is 0 Å². The molecule has 0 N–H and O–H groups in total. The normalized spacial score (nSPS) is 17.8. The summed E-state index contributed by atoms with van der Waals surface area (Å²) in [5, 5.41) is 0. The summed E-state index contributed by atoms with van der Waals surface area (Å²) in [6.07, 6.45) is 8.89. The lowest BCUT2D eigenvalue weighted by Crippen LogP contribution is -2.23. The predicted molar refractivity (Wildman–Crippen MR) is 129 cm³/mol. The van der Waals surface area contributed by atoms with Crippen LogP contribution in [0.5, 0.6) is 0 Å². The second-order valence-corrected chi connectivity index (χ2v) is 9.17. The molecule has 0 spiro atoms. The molecule has 1 aliphatic rings. The summed E-state index contributed by atoms with van der Waals surface area (Å²) in [4.78, 5) is 2.31. The maximum Gasteiger partial charge on any atom is 0.0649 e. The number of rotatable bonds is 6. The van der Waals surface area contributed by atoms with Gasteiger partial charge in [0.05, 0.1) is 6.61 Å². The van der Waals surface area contributed by atoms with Crippen LogP contribution in [-0.4, -0.2) is 20.8 Å². The first-order chi connectivity index (χ1) is 14.2. The van der Waals surface area contributed by atoms with E-state index in [1.807, 2.05) is 0 Å². The summed E-state index contributed by atoms with van der Waals surface area (Å²) in [6, 6.07) is 17.3. The van der Waals surface area contributed by atoms with Crippen LogP contribution in [0.15, 0.2) is 84.1 Å². The lowest BCUT2D eigenvalue weighted by molar-refractivity contribution is 0.232. The van der Waals surface area contributed by atoms with Gasteiger partial charge in [0.1, 0.15) is 0 Å². The fourth-order valence-electron chi connectivity index (χ4n) is 4.68. The molecule has 0 atom stereocenters. The Hall–Kier alpha value is -2.58. The number of ether oxygens (including phenoxy) is 1. The van der Waals surface area contributed by atoms with Crippen LogP contribution in [0.4, 0.5) is 5.69 Å². The van der Waals surface area contributed by atoms with Crippen molar-refractivity contribution in [3.05, 3.63) is 101 Å². The molecule has 2 aromatic carbocycles. The first-order valence-electron chi connectivity index (χ1n) is 10.7. The van der Waals surface area contributed by atoms with Crippen molar-refractivity contribution in [2.75, 3.05) is 25.7 Å². The topological polar surface area (TPSA) is 12.5 Å². The minimum Gasteiger partial charge on any atom is -0.381 e. The minimum absolute atomic E-state index is 0.0162. The summed E-state index contributed by atoms with van der Waals surface area (Å²) in [6.45, 7) is 12.0. The average Bonchev–Trinajstić information content (AvgIpc) is 2.91. The number of hydrogen-bond donors (Lipinski definition) is 0. The van der Waals surface area contributed by atoms with Gasteiger partial charge in [-0.25, -0.2) is 0 Å². The largest absolute Gasteiger partial charge is 0.381 e. The SMILES string of the molecule is COC\C=C(/C=C/C=C1\N(C)c2ccccc2C1(C)C)C(C)(C)c1ccccc1C. The molecule has 0 aromatic heterocycles. The van der Waals surface area contributed by atoms with Gasteiger partial charge in [0.15, 0.2) is 0 Å². The Morgan fingerprint density at radius 2 is 1.73 bits per heavy atom. The van der Waals surface area contributed by atoms with Gasteiger partial charge in [0, 0.05) is 36.4 Å². The molecule has 30 heavy (non-hydrogen) atoms. The molecule has 0 radical (unpaired) electrons. The van der Waals surface area contributed by atoms with Crippen LogP contribution in [0.2, 0.25) is 0 Å². The second-order valence-electron chi connectivity index (χ2n) is 9.17. The van der Waals surface area contributed by atoms with Gasteiger partial charge in [-0.2, -0.15) is 0 Å². The van der Waals surface area contributed by atoms with Crippen molar-refractivity contribution < 1.29 is 4.74 Å². The minimum atomic E-state index is -0.112. The number of benzene rings is 2. The van der Waals surface area contributed by atoms with Crippen molar-refractivity contribution in [2.24, 2.45) is 0 Å². The molecule has 3 rings (SSSR count). The molecule has 0 saturated heterocycles. The van der Waals surface area contributed by atoms with Crippen LogP contribution >= 0.6 is 0 Å². The van der Waals surface area contributed by atoms with Gasteiger partial charge in [0.25, 0.3) is 0 Å². The van der Waals surface area contributed by atoms with E-state index in [2.05, 4.69) is 119 Å². The number of hydrogen-bond acceptors (Lipinski definition) is 2. The quantitative estimate of drug-likeness (QED) is 0.499. The van der Waals surface area contributed by atoms with E-state index in [0.717, 1.165) is 0 Å². The fourth-order valence-corrected chi connectivity index (χ4v) is 4.68. The van der Waals surface area contributed by atoms with E-state index in [9.17, 15) is 0 Å². The Balaban J connectivity index is 1.96. The molecule has 0 aliphatic carbocycles. The summed E-state index contributed by atoms with van der Waals surface area (Å²) < 4.78 is 5.37. The molecule has 0 bridgehead atoms. The highest BCUT2D eigenvalue weighted by atomic mass is 16.5. The zero-order valence-corrected chi connectivity index (χ0v) is 19.5. The number of allylic oxidation sites excluding steroid dienone is 5. The number of fused-ring (bicyclic) bond motifs is 1.